The molecule has 108 valence electrons. The Morgan fingerprint density at radius 1 is 1.10 bits per heavy atom. The maximum Gasteiger partial charge on any atom is 0.323 e. The number of hydrogen-bond donors (Lipinski definition) is 3. The molecule has 0 aliphatic heterocycles. The third kappa shape index (κ3) is 2.97. The minimum Gasteiger partial charge on any atom is -0.378 e. The van der Waals surface area contributed by atoms with Crippen molar-refractivity contribution in [3.63, 3.8) is 0 Å². The van der Waals surface area contributed by atoms with Crippen molar-refractivity contribution < 1.29 is 0 Å². The largest absolute Gasteiger partial charge is 0.378 e. The number of imidazole rings is 1. The molecule has 1 atom stereocenters. The monoisotopic (exact) mass is 393 g/mol. The number of fused-ring (bicyclic) bond motifs is 1. The number of aromatic nitrogens is 2. The van der Waals surface area contributed by atoms with Crippen LogP contribution in [0.25, 0.3) is 11.0 Å². The average molecular weight is 393 g/mol. The van der Waals surface area contributed by atoms with Gasteiger partial charge in [-0.05, 0) is 77.9 Å². The average Bonchev–Trinajstić information content (AvgIpc) is 2.80. The SMILES string of the molecule is Cc1cc(I)ccc1NC(C)c1ccc2[nH]c(=O)[nH]c2c1. The summed E-state index contributed by atoms with van der Waals surface area (Å²) in [6, 6.07) is 12.5. The zero-order valence-corrected chi connectivity index (χ0v) is 14.0. The normalized spacial score (nSPS) is 12.5. The molecule has 1 heterocycles. The molecular formula is C16H16IN3O. The first kappa shape index (κ1) is 14.2. The van der Waals surface area contributed by atoms with E-state index >= 15 is 0 Å². The van der Waals surface area contributed by atoms with Crippen LogP contribution in [-0.2, 0) is 0 Å². The molecule has 3 rings (SSSR count). The minimum atomic E-state index is -0.170. The smallest absolute Gasteiger partial charge is 0.323 e. The number of aryl methyl sites for hydroxylation is 1. The molecule has 0 bridgehead atoms. The molecular weight excluding hydrogens is 377 g/mol. The topological polar surface area (TPSA) is 60.7 Å². The minimum absolute atomic E-state index is 0.159. The number of benzene rings is 2. The number of hydrogen-bond acceptors (Lipinski definition) is 2. The van der Waals surface area contributed by atoms with Crippen molar-refractivity contribution in [2.45, 2.75) is 19.9 Å². The highest BCUT2D eigenvalue weighted by Gasteiger charge is 2.09. The van der Waals surface area contributed by atoms with E-state index in [9.17, 15) is 4.79 Å². The van der Waals surface area contributed by atoms with Gasteiger partial charge >= 0.3 is 5.69 Å². The number of rotatable bonds is 3. The van der Waals surface area contributed by atoms with E-state index in [4.69, 9.17) is 0 Å². The molecule has 21 heavy (non-hydrogen) atoms. The summed E-state index contributed by atoms with van der Waals surface area (Å²) in [5, 5.41) is 3.52. The van der Waals surface area contributed by atoms with Gasteiger partial charge in [0.05, 0.1) is 11.0 Å². The molecule has 2 aromatic carbocycles. The Bertz CT molecular complexity index is 850. The maximum atomic E-state index is 11.3. The van der Waals surface area contributed by atoms with E-state index in [0.717, 1.165) is 22.3 Å². The van der Waals surface area contributed by atoms with Crippen LogP contribution in [-0.4, -0.2) is 9.97 Å². The fourth-order valence-electron chi connectivity index (χ4n) is 2.43. The van der Waals surface area contributed by atoms with Gasteiger partial charge in [-0.1, -0.05) is 6.07 Å². The molecule has 0 saturated heterocycles. The molecule has 0 radical (unpaired) electrons. The molecule has 1 unspecified atom stereocenters. The van der Waals surface area contributed by atoms with Gasteiger partial charge in [0.15, 0.2) is 0 Å². The summed E-state index contributed by atoms with van der Waals surface area (Å²) in [6.07, 6.45) is 0. The van der Waals surface area contributed by atoms with Crippen LogP contribution in [0.3, 0.4) is 0 Å². The lowest BCUT2D eigenvalue weighted by atomic mass is 10.1. The quantitative estimate of drug-likeness (QED) is 0.591. The van der Waals surface area contributed by atoms with Crippen LogP contribution < -0.4 is 11.0 Å². The molecule has 0 spiro atoms. The fraction of sp³-hybridized carbons (Fsp3) is 0.188. The molecule has 0 aliphatic carbocycles. The van der Waals surface area contributed by atoms with Gasteiger partial charge in [-0.3, -0.25) is 0 Å². The van der Waals surface area contributed by atoms with Gasteiger partial charge < -0.3 is 15.3 Å². The molecule has 1 aromatic heterocycles. The molecule has 0 amide bonds. The van der Waals surface area contributed by atoms with E-state index in [2.05, 4.69) is 69.9 Å². The zero-order valence-electron chi connectivity index (χ0n) is 11.8. The first-order valence-corrected chi connectivity index (χ1v) is 7.85. The first-order chi connectivity index (χ1) is 10.0. The Hall–Kier alpha value is -1.76. The van der Waals surface area contributed by atoms with Crippen LogP contribution >= 0.6 is 22.6 Å². The van der Waals surface area contributed by atoms with E-state index in [1.165, 1.54) is 9.13 Å². The maximum absolute atomic E-state index is 11.3. The Kier molecular flexibility index (Phi) is 3.75. The van der Waals surface area contributed by atoms with Gasteiger partial charge in [-0.15, -0.1) is 0 Å². The molecule has 3 N–H and O–H groups in total. The molecule has 0 saturated carbocycles. The lowest BCUT2D eigenvalue weighted by molar-refractivity contribution is 0.884. The van der Waals surface area contributed by atoms with E-state index < -0.39 is 0 Å². The summed E-state index contributed by atoms with van der Waals surface area (Å²) in [6.45, 7) is 4.22. The number of aromatic amines is 2. The highest BCUT2D eigenvalue weighted by atomic mass is 127. The van der Waals surface area contributed by atoms with Crippen LogP contribution in [0, 0.1) is 10.5 Å². The van der Waals surface area contributed by atoms with Crippen LogP contribution in [0.15, 0.2) is 41.2 Å². The summed E-state index contributed by atoms with van der Waals surface area (Å²) >= 11 is 2.31. The number of nitrogens with one attached hydrogen (secondary N) is 3. The van der Waals surface area contributed by atoms with Crippen molar-refractivity contribution in [2.24, 2.45) is 0 Å². The van der Waals surface area contributed by atoms with Crippen molar-refractivity contribution in [3.8, 4) is 0 Å². The van der Waals surface area contributed by atoms with Crippen molar-refractivity contribution >= 4 is 39.3 Å². The highest BCUT2D eigenvalue weighted by Crippen LogP contribution is 2.24. The number of anilines is 1. The van der Waals surface area contributed by atoms with Crippen molar-refractivity contribution in [3.05, 3.63) is 61.6 Å². The summed E-state index contributed by atoms with van der Waals surface area (Å²) in [5.74, 6) is 0. The third-order valence-corrected chi connectivity index (χ3v) is 4.27. The second-order valence-corrected chi connectivity index (χ2v) is 6.46. The highest BCUT2D eigenvalue weighted by molar-refractivity contribution is 14.1. The van der Waals surface area contributed by atoms with Gasteiger partial charge in [-0.2, -0.15) is 0 Å². The number of halogens is 1. The molecule has 3 aromatic rings. The van der Waals surface area contributed by atoms with Gasteiger partial charge in [0.2, 0.25) is 0 Å². The predicted octanol–water partition coefficient (Wildman–Crippen LogP) is 3.94. The van der Waals surface area contributed by atoms with Gasteiger partial charge in [0.1, 0.15) is 0 Å². The summed E-state index contributed by atoms with van der Waals surface area (Å²) in [5.41, 5.74) is 4.99. The summed E-state index contributed by atoms with van der Waals surface area (Å²) in [7, 11) is 0. The Morgan fingerprint density at radius 3 is 2.62 bits per heavy atom. The van der Waals surface area contributed by atoms with Gasteiger partial charge in [0.25, 0.3) is 0 Å². The zero-order chi connectivity index (χ0) is 15.0. The van der Waals surface area contributed by atoms with Crippen LogP contribution in [0.2, 0.25) is 0 Å². The van der Waals surface area contributed by atoms with Crippen LogP contribution in [0.4, 0.5) is 5.69 Å². The van der Waals surface area contributed by atoms with Gasteiger partial charge in [-0.25, -0.2) is 4.79 Å². The first-order valence-electron chi connectivity index (χ1n) is 6.77. The molecule has 0 aliphatic rings. The van der Waals surface area contributed by atoms with Crippen molar-refractivity contribution in [1.29, 1.82) is 0 Å². The molecule has 5 heteroatoms. The Balaban J connectivity index is 1.89. The second-order valence-electron chi connectivity index (χ2n) is 5.21. The van der Waals surface area contributed by atoms with E-state index in [1.807, 2.05) is 18.2 Å². The Morgan fingerprint density at radius 2 is 1.86 bits per heavy atom. The summed E-state index contributed by atoms with van der Waals surface area (Å²) in [4.78, 5) is 16.9. The van der Waals surface area contributed by atoms with Crippen molar-refractivity contribution in [1.82, 2.24) is 9.97 Å². The van der Waals surface area contributed by atoms with Crippen LogP contribution in [0.1, 0.15) is 24.1 Å². The summed E-state index contributed by atoms with van der Waals surface area (Å²) < 4.78 is 1.23. The van der Waals surface area contributed by atoms with Gasteiger partial charge in [0, 0.05) is 15.3 Å². The third-order valence-electron chi connectivity index (χ3n) is 3.60. The van der Waals surface area contributed by atoms with Crippen molar-refractivity contribution in [2.75, 3.05) is 5.32 Å². The lowest BCUT2D eigenvalue weighted by Gasteiger charge is -2.17. The van der Waals surface area contributed by atoms with Crippen LogP contribution in [0.5, 0.6) is 0 Å². The molecule has 4 nitrogen and oxygen atoms in total. The Labute approximate surface area is 136 Å². The van der Waals surface area contributed by atoms with E-state index in [-0.39, 0.29) is 11.7 Å². The standard InChI is InChI=1S/C16H16IN3O/c1-9-7-12(17)4-6-13(9)18-10(2)11-3-5-14-15(8-11)20-16(21)19-14/h3-8,10,18H,1-2H3,(H2,19,20,21). The molecule has 0 fully saturated rings. The predicted molar refractivity (Wildman–Crippen MR) is 94.9 cm³/mol. The van der Waals surface area contributed by atoms with E-state index in [0.29, 0.717) is 0 Å². The fourth-order valence-corrected chi connectivity index (χ4v) is 3.07. The lowest BCUT2D eigenvalue weighted by Crippen LogP contribution is -2.07. The second kappa shape index (κ2) is 5.55. The number of H-pyrrole nitrogens is 2. The van der Waals surface area contributed by atoms with E-state index in [1.54, 1.807) is 0 Å².